The Morgan fingerprint density at radius 2 is 0.352 bits per heavy atom. The number of rotatable bonds is 9. The van der Waals surface area contributed by atoms with E-state index in [0.717, 1.165) is 22.7 Å². The van der Waals surface area contributed by atoms with Crippen molar-refractivity contribution in [3.63, 3.8) is 0 Å². The molecule has 2 aromatic heterocycles. The van der Waals surface area contributed by atoms with Crippen molar-refractivity contribution in [1.29, 1.82) is 0 Å². The van der Waals surface area contributed by atoms with Crippen molar-refractivity contribution in [2.24, 2.45) is 0 Å². The van der Waals surface area contributed by atoms with E-state index in [1.165, 1.54) is 137 Å². The summed E-state index contributed by atoms with van der Waals surface area (Å²) in [7, 11) is 0. The lowest BCUT2D eigenvalue weighted by Crippen LogP contribution is -2.10. The second-order valence-electron chi connectivity index (χ2n) is 23.4. The standard InChI is InChI=1S/C50H34N2.C38H25N/c1-3-15-35(16-4-1)49-43-21-7-9-23-45(43)50(46-24-10-8-22-44(46)49)36-27-29-38(30-28-36)51(37-17-5-2-6-18-37)39-31-33-40(34-32-39)52-47-25-13-11-19-41(47)42-20-12-14-26-48(42)52;1-2-12-26(13-3-1)37-31-16-4-6-18-33(31)38(34-19-7-5-17-32(34)37)27-22-24-28(25-23-27)39-35-20-10-8-14-29(35)30-15-9-11-21-36(30)39/h1-34H;1-25H. The first-order valence-electron chi connectivity index (χ1n) is 31.3. The Balaban J connectivity index is 0.000000146. The summed E-state index contributed by atoms with van der Waals surface area (Å²) in [6, 6.07) is 129. The van der Waals surface area contributed by atoms with Crippen molar-refractivity contribution in [2.45, 2.75) is 0 Å². The number of nitrogens with zero attached hydrogens (tertiary/aromatic N) is 3. The van der Waals surface area contributed by atoms with E-state index < -0.39 is 0 Å². The highest BCUT2D eigenvalue weighted by atomic mass is 15.1. The summed E-state index contributed by atoms with van der Waals surface area (Å²) in [5.41, 5.74) is 20.6. The van der Waals surface area contributed by atoms with Crippen molar-refractivity contribution >= 4 is 104 Å². The quantitative estimate of drug-likeness (QED) is 0.131. The highest BCUT2D eigenvalue weighted by Crippen LogP contribution is 2.47. The van der Waals surface area contributed by atoms with Crippen LogP contribution in [0.3, 0.4) is 0 Å². The van der Waals surface area contributed by atoms with Gasteiger partial charge < -0.3 is 14.0 Å². The van der Waals surface area contributed by atoms with Gasteiger partial charge in [-0.15, -0.1) is 0 Å². The number of hydrogen-bond acceptors (Lipinski definition) is 1. The average Bonchev–Trinajstić information content (AvgIpc) is 1.17. The van der Waals surface area contributed by atoms with Crippen LogP contribution in [0.2, 0.25) is 0 Å². The van der Waals surface area contributed by atoms with Crippen LogP contribution in [0.1, 0.15) is 0 Å². The maximum atomic E-state index is 2.38. The van der Waals surface area contributed by atoms with Gasteiger partial charge in [0, 0.05) is 50.0 Å². The molecule has 0 saturated carbocycles. The van der Waals surface area contributed by atoms with E-state index in [-0.39, 0.29) is 0 Å². The van der Waals surface area contributed by atoms with Gasteiger partial charge in [-0.3, -0.25) is 0 Å². The Morgan fingerprint density at radius 1 is 0.154 bits per heavy atom. The van der Waals surface area contributed by atoms with Crippen molar-refractivity contribution in [1.82, 2.24) is 9.13 Å². The molecule has 0 bridgehead atoms. The third-order valence-electron chi connectivity index (χ3n) is 18.4. The first-order chi connectivity index (χ1) is 45.2. The monoisotopic (exact) mass is 1160 g/mol. The molecule has 16 aromatic carbocycles. The molecular formula is C88H59N3. The minimum absolute atomic E-state index is 1.10. The topological polar surface area (TPSA) is 13.1 Å². The molecule has 426 valence electrons. The van der Waals surface area contributed by atoms with Gasteiger partial charge in [-0.1, -0.05) is 273 Å². The van der Waals surface area contributed by atoms with Crippen LogP contribution in [0.4, 0.5) is 17.1 Å². The van der Waals surface area contributed by atoms with Crippen LogP contribution in [-0.2, 0) is 0 Å². The number of anilines is 3. The summed E-state index contributed by atoms with van der Waals surface area (Å²) in [5.74, 6) is 0. The fraction of sp³-hybridized carbons (Fsp3) is 0. The first-order valence-corrected chi connectivity index (χ1v) is 31.3. The zero-order valence-corrected chi connectivity index (χ0v) is 49.9. The number of hydrogen-bond donors (Lipinski definition) is 0. The van der Waals surface area contributed by atoms with E-state index in [1.807, 2.05) is 0 Å². The van der Waals surface area contributed by atoms with Crippen LogP contribution in [0, 0.1) is 0 Å². The second kappa shape index (κ2) is 22.6. The van der Waals surface area contributed by atoms with E-state index in [4.69, 9.17) is 0 Å². The van der Waals surface area contributed by atoms with Crippen molar-refractivity contribution in [3.05, 3.63) is 358 Å². The van der Waals surface area contributed by atoms with Gasteiger partial charge in [0.2, 0.25) is 0 Å². The van der Waals surface area contributed by atoms with Crippen LogP contribution in [-0.4, -0.2) is 9.13 Å². The highest BCUT2D eigenvalue weighted by molar-refractivity contribution is 6.23. The summed E-state index contributed by atoms with van der Waals surface area (Å²) in [6.45, 7) is 0. The molecule has 0 fully saturated rings. The third-order valence-corrected chi connectivity index (χ3v) is 18.4. The minimum Gasteiger partial charge on any atom is -0.311 e. The smallest absolute Gasteiger partial charge is 0.0541 e. The van der Waals surface area contributed by atoms with Crippen molar-refractivity contribution in [2.75, 3.05) is 4.90 Å². The minimum atomic E-state index is 1.10. The van der Waals surface area contributed by atoms with Crippen molar-refractivity contribution in [3.8, 4) is 55.9 Å². The van der Waals surface area contributed by atoms with E-state index in [9.17, 15) is 0 Å². The second-order valence-corrected chi connectivity index (χ2v) is 23.4. The van der Waals surface area contributed by atoms with Gasteiger partial charge >= 0.3 is 0 Å². The van der Waals surface area contributed by atoms with E-state index in [1.54, 1.807) is 0 Å². The number of fused-ring (bicyclic) bond motifs is 10. The Kier molecular flexibility index (Phi) is 13.2. The molecule has 0 amide bonds. The maximum Gasteiger partial charge on any atom is 0.0541 e. The molecule has 0 atom stereocenters. The molecule has 91 heavy (non-hydrogen) atoms. The zero-order valence-electron chi connectivity index (χ0n) is 49.9. The highest BCUT2D eigenvalue weighted by Gasteiger charge is 2.21. The molecular weight excluding hydrogens is 1100 g/mol. The molecule has 3 heteroatoms. The molecule has 0 aliphatic heterocycles. The van der Waals surface area contributed by atoms with Crippen LogP contribution in [0.25, 0.3) is 143 Å². The predicted molar refractivity (Wildman–Crippen MR) is 388 cm³/mol. The molecule has 3 nitrogen and oxygen atoms in total. The summed E-state index contributed by atoms with van der Waals surface area (Å²) in [5, 5.41) is 15.3. The lowest BCUT2D eigenvalue weighted by Gasteiger charge is -2.26. The van der Waals surface area contributed by atoms with E-state index >= 15 is 0 Å². The van der Waals surface area contributed by atoms with Crippen LogP contribution in [0.15, 0.2) is 358 Å². The Bertz CT molecular complexity index is 5510. The first kappa shape index (κ1) is 53.2. The van der Waals surface area contributed by atoms with Gasteiger partial charge in [-0.2, -0.15) is 0 Å². The largest absolute Gasteiger partial charge is 0.311 e. The van der Waals surface area contributed by atoms with Crippen LogP contribution >= 0.6 is 0 Å². The van der Waals surface area contributed by atoms with E-state index in [2.05, 4.69) is 372 Å². The van der Waals surface area contributed by atoms with Gasteiger partial charge in [-0.05, 0) is 173 Å². The number of para-hydroxylation sites is 5. The van der Waals surface area contributed by atoms with Gasteiger partial charge in [-0.25, -0.2) is 0 Å². The normalized spacial score (nSPS) is 11.5. The molecule has 18 rings (SSSR count). The van der Waals surface area contributed by atoms with Gasteiger partial charge in [0.25, 0.3) is 0 Å². The van der Waals surface area contributed by atoms with Crippen molar-refractivity contribution < 1.29 is 0 Å². The Hall–Kier alpha value is -12.0. The molecule has 0 aliphatic carbocycles. The molecule has 2 heterocycles. The SMILES string of the molecule is c1ccc(-c2c3ccccc3c(-c3ccc(-n4c5ccccc5c5ccccc54)cc3)c3ccccc23)cc1.c1ccc(-c2c3ccccc3c(-c3ccc(N(c4ccccc4)c4ccc(-n5c6ccccc6c6ccccc65)cc4)cc3)c3ccccc23)cc1. The summed E-state index contributed by atoms with van der Waals surface area (Å²) in [6.07, 6.45) is 0. The fourth-order valence-corrected chi connectivity index (χ4v) is 14.4. The molecule has 18 aromatic rings. The molecule has 0 spiro atoms. The molecule has 0 radical (unpaired) electrons. The maximum absolute atomic E-state index is 2.38. The van der Waals surface area contributed by atoms with Gasteiger partial charge in [0.15, 0.2) is 0 Å². The average molecular weight is 1160 g/mol. The predicted octanol–water partition coefficient (Wildman–Crippen LogP) is 24.3. The molecule has 0 aliphatic rings. The molecule has 0 unspecified atom stereocenters. The molecule has 0 saturated heterocycles. The van der Waals surface area contributed by atoms with Crippen LogP contribution < -0.4 is 4.90 Å². The summed E-state index contributed by atoms with van der Waals surface area (Å²) < 4.78 is 4.75. The third kappa shape index (κ3) is 9.13. The Morgan fingerprint density at radius 3 is 0.648 bits per heavy atom. The lowest BCUT2D eigenvalue weighted by atomic mass is 9.86. The van der Waals surface area contributed by atoms with Crippen LogP contribution in [0.5, 0.6) is 0 Å². The lowest BCUT2D eigenvalue weighted by molar-refractivity contribution is 1.17. The van der Waals surface area contributed by atoms with Gasteiger partial charge in [0.05, 0.1) is 22.1 Å². The number of benzene rings is 16. The summed E-state index contributed by atoms with van der Waals surface area (Å²) in [4.78, 5) is 2.34. The zero-order chi connectivity index (χ0) is 60.2. The number of aromatic nitrogens is 2. The fourth-order valence-electron chi connectivity index (χ4n) is 14.4. The molecule has 0 N–H and O–H groups in total. The van der Waals surface area contributed by atoms with E-state index in [0.29, 0.717) is 0 Å². The van der Waals surface area contributed by atoms with Gasteiger partial charge in [0.1, 0.15) is 0 Å². The summed E-state index contributed by atoms with van der Waals surface area (Å²) >= 11 is 0. The Labute approximate surface area is 528 Å².